The molecule has 0 aliphatic carbocycles. The van der Waals surface area contributed by atoms with E-state index >= 15 is 0 Å². The maximum Gasteiger partial charge on any atom is 0.163 e. The maximum atomic E-state index is 5.75. The monoisotopic (exact) mass is 305 g/mol. The van der Waals surface area contributed by atoms with Gasteiger partial charge in [0.15, 0.2) is 11.5 Å². The first-order chi connectivity index (χ1) is 10.7. The molecule has 0 aliphatic rings. The summed E-state index contributed by atoms with van der Waals surface area (Å²) in [5.74, 6) is 1.59. The number of hydrogen-bond acceptors (Lipinski definition) is 4. The summed E-state index contributed by atoms with van der Waals surface area (Å²) >= 11 is 0. The SMILES string of the molecule is CCOc1cc2c(CCN)cn(CCCN)c2cc1OCC. The zero-order chi connectivity index (χ0) is 15.9. The Morgan fingerprint density at radius 2 is 1.68 bits per heavy atom. The molecule has 4 N–H and O–H groups in total. The maximum absolute atomic E-state index is 5.75. The molecule has 2 aromatic rings. The number of rotatable bonds is 9. The normalized spacial score (nSPS) is 11.1. The molecular weight excluding hydrogens is 278 g/mol. The Labute approximate surface area is 132 Å². The van der Waals surface area contributed by atoms with E-state index in [9.17, 15) is 0 Å². The summed E-state index contributed by atoms with van der Waals surface area (Å²) in [5, 5.41) is 1.19. The summed E-state index contributed by atoms with van der Waals surface area (Å²) in [7, 11) is 0. The van der Waals surface area contributed by atoms with E-state index in [2.05, 4.69) is 22.9 Å². The van der Waals surface area contributed by atoms with E-state index in [1.807, 2.05) is 13.8 Å². The molecular formula is C17H27N3O2. The zero-order valence-corrected chi connectivity index (χ0v) is 13.6. The number of fused-ring (bicyclic) bond motifs is 1. The van der Waals surface area contributed by atoms with Gasteiger partial charge in [-0.1, -0.05) is 0 Å². The molecule has 0 aliphatic heterocycles. The fraction of sp³-hybridized carbons (Fsp3) is 0.529. The Bertz CT molecular complexity index is 607. The molecule has 5 heteroatoms. The van der Waals surface area contributed by atoms with E-state index in [4.69, 9.17) is 20.9 Å². The van der Waals surface area contributed by atoms with Crippen LogP contribution in [0.25, 0.3) is 10.9 Å². The van der Waals surface area contributed by atoms with Crippen molar-refractivity contribution in [2.24, 2.45) is 11.5 Å². The lowest BCUT2D eigenvalue weighted by Gasteiger charge is -2.12. The van der Waals surface area contributed by atoms with E-state index in [1.165, 1.54) is 10.9 Å². The first-order valence-corrected chi connectivity index (χ1v) is 8.06. The highest BCUT2D eigenvalue weighted by molar-refractivity contribution is 5.87. The standard InChI is InChI=1S/C17H27N3O2/c1-3-21-16-10-14-13(6-8-19)12-20(9-5-7-18)15(14)11-17(16)22-4-2/h10-12H,3-9,18-19H2,1-2H3. The molecule has 0 bridgehead atoms. The van der Waals surface area contributed by atoms with Crippen molar-refractivity contribution in [2.45, 2.75) is 33.2 Å². The largest absolute Gasteiger partial charge is 0.490 e. The van der Waals surface area contributed by atoms with Crippen LogP contribution in [0, 0.1) is 0 Å². The Morgan fingerprint density at radius 3 is 2.27 bits per heavy atom. The van der Waals surface area contributed by atoms with E-state index in [0.29, 0.717) is 26.3 Å². The Morgan fingerprint density at radius 1 is 1.00 bits per heavy atom. The summed E-state index contributed by atoms with van der Waals surface area (Å²) in [5.41, 5.74) is 13.8. The smallest absolute Gasteiger partial charge is 0.163 e. The average Bonchev–Trinajstić information content (AvgIpc) is 2.84. The van der Waals surface area contributed by atoms with E-state index in [-0.39, 0.29) is 0 Å². The van der Waals surface area contributed by atoms with Crippen molar-refractivity contribution in [3.8, 4) is 11.5 Å². The summed E-state index contributed by atoms with van der Waals surface area (Å²) in [4.78, 5) is 0. The second kappa shape index (κ2) is 8.06. The molecule has 1 aromatic carbocycles. The van der Waals surface area contributed by atoms with Gasteiger partial charge in [0.05, 0.1) is 18.7 Å². The topological polar surface area (TPSA) is 75.4 Å². The lowest BCUT2D eigenvalue weighted by molar-refractivity contribution is 0.288. The van der Waals surface area contributed by atoms with Crippen molar-refractivity contribution < 1.29 is 9.47 Å². The molecule has 0 spiro atoms. The molecule has 0 fully saturated rings. The molecule has 0 atom stereocenters. The van der Waals surface area contributed by atoms with Crippen LogP contribution in [0.3, 0.4) is 0 Å². The van der Waals surface area contributed by atoms with Gasteiger partial charge < -0.3 is 25.5 Å². The van der Waals surface area contributed by atoms with Crippen LogP contribution in [-0.4, -0.2) is 30.9 Å². The first kappa shape index (κ1) is 16.6. The molecule has 122 valence electrons. The van der Waals surface area contributed by atoms with E-state index in [1.54, 1.807) is 0 Å². The van der Waals surface area contributed by atoms with Gasteiger partial charge in [-0.3, -0.25) is 0 Å². The highest BCUT2D eigenvalue weighted by Crippen LogP contribution is 2.35. The molecule has 2 rings (SSSR count). The second-order valence-electron chi connectivity index (χ2n) is 5.21. The minimum Gasteiger partial charge on any atom is -0.490 e. The van der Waals surface area contributed by atoms with Crippen molar-refractivity contribution >= 4 is 10.9 Å². The lowest BCUT2D eigenvalue weighted by Crippen LogP contribution is -2.05. The highest BCUT2D eigenvalue weighted by Gasteiger charge is 2.14. The molecule has 0 saturated carbocycles. The van der Waals surface area contributed by atoms with Crippen molar-refractivity contribution in [1.82, 2.24) is 4.57 Å². The minimum atomic E-state index is 0.616. The third-order valence-corrected chi connectivity index (χ3v) is 3.65. The fourth-order valence-corrected chi connectivity index (χ4v) is 2.71. The van der Waals surface area contributed by atoms with Gasteiger partial charge in [-0.05, 0) is 51.4 Å². The zero-order valence-electron chi connectivity index (χ0n) is 13.6. The molecule has 1 aromatic heterocycles. The fourth-order valence-electron chi connectivity index (χ4n) is 2.71. The van der Waals surface area contributed by atoms with Crippen molar-refractivity contribution in [2.75, 3.05) is 26.3 Å². The first-order valence-electron chi connectivity index (χ1n) is 8.06. The van der Waals surface area contributed by atoms with Gasteiger partial charge in [0.1, 0.15) is 0 Å². The van der Waals surface area contributed by atoms with Gasteiger partial charge in [-0.15, -0.1) is 0 Å². The van der Waals surface area contributed by atoms with Crippen LogP contribution in [0.1, 0.15) is 25.8 Å². The molecule has 0 unspecified atom stereocenters. The van der Waals surface area contributed by atoms with Crippen LogP contribution in [-0.2, 0) is 13.0 Å². The second-order valence-corrected chi connectivity index (χ2v) is 5.21. The van der Waals surface area contributed by atoms with Crippen molar-refractivity contribution in [1.29, 1.82) is 0 Å². The Balaban J connectivity index is 2.53. The Hall–Kier alpha value is -1.72. The Kier molecular flexibility index (Phi) is 6.10. The predicted octanol–water partition coefficient (Wildman–Crippen LogP) is 2.29. The van der Waals surface area contributed by atoms with Crippen LogP contribution in [0.2, 0.25) is 0 Å². The summed E-state index contributed by atoms with van der Waals surface area (Å²) < 4.78 is 13.7. The molecule has 1 heterocycles. The highest BCUT2D eigenvalue weighted by atomic mass is 16.5. The summed E-state index contributed by atoms with van der Waals surface area (Å²) in [6.45, 7) is 7.41. The third-order valence-electron chi connectivity index (χ3n) is 3.65. The number of aromatic nitrogens is 1. The van der Waals surface area contributed by atoms with Crippen molar-refractivity contribution in [3.63, 3.8) is 0 Å². The molecule has 5 nitrogen and oxygen atoms in total. The third kappa shape index (κ3) is 3.54. The number of nitrogens with zero attached hydrogens (tertiary/aromatic N) is 1. The van der Waals surface area contributed by atoms with Crippen LogP contribution in [0.5, 0.6) is 11.5 Å². The van der Waals surface area contributed by atoms with Gasteiger partial charge in [-0.25, -0.2) is 0 Å². The van der Waals surface area contributed by atoms with E-state index in [0.717, 1.165) is 36.4 Å². The number of hydrogen-bond donors (Lipinski definition) is 2. The minimum absolute atomic E-state index is 0.616. The summed E-state index contributed by atoms with van der Waals surface area (Å²) in [6, 6.07) is 4.15. The van der Waals surface area contributed by atoms with Crippen LogP contribution < -0.4 is 20.9 Å². The van der Waals surface area contributed by atoms with E-state index < -0.39 is 0 Å². The average molecular weight is 305 g/mol. The quantitative estimate of drug-likeness (QED) is 0.745. The van der Waals surface area contributed by atoms with Gasteiger partial charge >= 0.3 is 0 Å². The van der Waals surface area contributed by atoms with Crippen LogP contribution >= 0.6 is 0 Å². The van der Waals surface area contributed by atoms with Gasteiger partial charge in [-0.2, -0.15) is 0 Å². The van der Waals surface area contributed by atoms with Gasteiger partial charge in [0.2, 0.25) is 0 Å². The molecule has 22 heavy (non-hydrogen) atoms. The molecule has 0 radical (unpaired) electrons. The van der Waals surface area contributed by atoms with Gasteiger partial charge in [0, 0.05) is 24.2 Å². The van der Waals surface area contributed by atoms with Crippen LogP contribution in [0.15, 0.2) is 18.3 Å². The van der Waals surface area contributed by atoms with Gasteiger partial charge in [0.25, 0.3) is 0 Å². The number of ether oxygens (including phenoxy) is 2. The number of nitrogens with two attached hydrogens (primary N) is 2. The van der Waals surface area contributed by atoms with Crippen molar-refractivity contribution in [3.05, 3.63) is 23.9 Å². The summed E-state index contributed by atoms with van der Waals surface area (Å²) in [6.07, 6.45) is 3.98. The van der Waals surface area contributed by atoms with Crippen LogP contribution in [0.4, 0.5) is 0 Å². The molecule has 0 saturated heterocycles. The number of benzene rings is 1. The predicted molar refractivity (Wildman–Crippen MR) is 90.7 cm³/mol. The number of aryl methyl sites for hydroxylation is 1. The lowest BCUT2D eigenvalue weighted by atomic mass is 10.1. The molecule has 0 amide bonds.